The summed E-state index contributed by atoms with van der Waals surface area (Å²) in [6, 6.07) is 40.9. The third-order valence-corrected chi connectivity index (χ3v) is 20.2. The number of hydrogen-bond donors (Lipinski definition) is 11. The van der Waals surface area contributed by atoms with Gasteiger partial charge < -0.3 is 78.2 Å². The molecule has 0 unspecified atom stereocenters. The summed E-state index contributed by atoms with van der Waals surface area (Å²) in [6.45, 7) is 4.78. The van der Waals surface area contributed by atoms with Crippen LogP contribution in [0.15, 0.2) is 170 Å². The number of unbranched alkanes of at least 4 members (excludes halogenated alkanes) is 1. The Kier molecular flexibility index (Phi) is 35.3. The number of aliphatic hydroxyl groups excluding tert-OH is 1. The van der Waals surface area contributed by atoms with Crippen molar-refractivity contribution in [1.29, 1.82) is 0 Å². The van der Waals surface area contributed by atoms with Gasteiger partial charge in [0, 0.05) is 53.1 Å². The summed E-state index contributed by atoms with van der Waals surface area (Å²) in [6.07, 6.45) is -2.93. The molecule has 0 aliphatic carbocycles. The number of nitrogens with two attached hydrogens (primary N) is 2. The van der Waals surface area contributed by atoms with Crippen LogP contribution in [-0.2, 0) is 95.2 Å². The van der Waals surface area contributed by atoms with E-state index in [0.717, 1.165) is 16.7 Å². The minimum Gasteiger partial charge on any atom is -0.489 e. The van der Waals surface area contributed by atoms with Gasteiger partial charge in [-0.1, -0.05) is 184 Å². The van der Waals surface area contributed by atoms with Crippen molar-refractivity contribution in [3.05, 3.63) is 208 Å². The Bertz CT molecular complexity index is 3880. The average molecular weight is 1530 g/mol. The van der Waals surface area contributed by atoms with E-state index in [0.29, 0.717) is 64.8 Å². The van der Waals surface area contributed by atoms with Crippen molar-refractivity contribution in [2.24, 2.45) is 17.4 Å². The molecule has 572 valence electrons. The maximum absolute atomic E-state index is 15.1. The number of nitrogens with one attached hydrogen (secondary N) is 8. The standard InChI is InChI=1S/C78H96ClN11O15S2/c1-4-50(2)68(88-72(96)61(85-74(98)65(91)49-107-47-56-28-15-8-16-29-56)40-52-34-36-58(37-35-52)104-44-54-24-11-6-12-25-54)75(99)89-69(51(3)103-43-53-22-9-5-10-23-53)76(100)86-62(41-66(80)92)71(95)87-63(48-106-46-55-26-13-7-14-27-55)77(101)90-39-21-33-64(90)73(97)84-60(70(94)83-42-67(81)93)32-19-20-38-82-78(102)105-45-57-30-17-18-31-59(57)79/h5-18,22-31,34-37,50-51,60-65,68-69,91H,4,19-21,32-33,38-49H2,1-3H3,(H2,80,92)(H2,81,93)(H,82,102)(H,83,94)(H,84,97)(H,85,98)(H,86,100)(H,87,95)(H,88,96)(H,89,99)/t50-,51+,60-,61-,62-,63-,64-,65+,68-,69-/m0/s1. The normalized spacial score (nSPS) is 15.0. The summed E-state index contributed by atoms with van der Waals surface area (Å²) in [4.78, 5) is 155. The first-order chi connectivity index (χ1) is 51.5. The highest BCUT2D eigenvalue weighted by molar-refractivity contribution is 7.98. The highest BCUT2D eigenvalue weighted by atomic mass is 35.5. The van der Waals surface area contributed by atoms with Gasteiger partial charge in [0.15, 0.2) is 0 Å². The largest absolute Gasteiger partial charge is 0.489 e. The van der Waals surface area contributed by atoms with E-state index in [-0.39, 0.29) is 63.5 Å². The molecule has 6 aromatic carbocycles. The number of aliphatic hydroxyl groups is 1. The lowest BCUT2D eigenvalue weighted by molar-refractivity contribution is -0.142. The van der Waals surface area contributed by atoms with E-state index in [1.165, 1.54) is 35.3 Å². The van der Waals surface area contributed by atoms with E-state index in [1.54, 1.807) is 92.7 Å². The summed E-state index contributed by atoms with van der Waals surface area (Å²) in [5.74, 6) is -7.97. The molecule has 0 bridgehead atoms. The number of primary amides is 2. The van der Waals surface area contributed by atoms with Gasteiger partial charge >= 0.3 is 6.09 Å². The molecule has 11 amide bonds. The molecule has 10 atom stereocenters. The smallest absolute Gasteiger partial charge is 0.407 e. The third-order valence-electron chi connectivity index (χ3n) is 17.6. The lowest BCUT2D eigenvalue weighted by atomic mass is 9.96. The molecule has 0 aromatic heterocycles. The van der Waals surface area contributed by atoms with Crippen LogP contribution in [0.2, 0.25) is 5.02 Å². The molecule has 26 nitrogen and oxygen atoms in total. The van der Waals surface area contributed by atoms with E-state index in [9.17, 15) is 43.5 Å². The first kappa shape index (κ1) is 84.3. The van der Waals surface area contributed by atoms with Gasteiger partial charge in [0.05, 0.1) is 25.7 Å². The van der Waals surface area contributed by atoms with E-state index >= 15 is 14.4 Å². The number of hydrogen-bond acceptors (Lipinski definition) is 17. The van der Waals surface area contributed by atoms with Crippen LogP contribution < -0.4 is 58.7 Å². The molecule has 6 aromatic rings. The molecule has 1 aliphatic heterocycles. The number of likely N-dealkylation sites (tertiary alicyclic amines) is 1. The Balaban J connectivity index is 1.09. The molecule has 1 fully saturated rings. The Labute approximate surface area is 636 Å². The van der Waals surface area contributed by atoms with Gasteiger partial charge in [-0.3, -0.25) is 47.9 Å². The van der Waals surface area contributed by atoms with E-state index in [4.69, 9.17) is 37.3 Å². The van der Waals surface area contributed by atoms with Crippen LogP contribution in [0.5, 0.6) is 5.75 Å². The van der Waals surface area contributed by atoms with Gasteiger partial charge in [0.2, 0.25) is 59.1 Å². The van der Waals surface area contributed by atoms with E-state index in [1.807, 2.05) is 91.0 Å². The predicted molar refractivity (Wildman–Crippen MR) is 408 cm³/mol. The number of nitrogens with zero attached hydrogens (tertiary/aromatic N) is 1. The Hall–Kier alpha value is -10.0. The van der Waals surface area contributed by atoms with Crippen LogP contribution >= 0.6 is 35.1 Å². The van der Waals surface area contributed by atoms with Crippen molar-refractivity contribution in [2.75, 3.05) is 31.1 Å². The minimum atomic E-state index is -1.80. The molecule has 7 rings (SSSR count). The quantitative estimate of drug-likeness (QED) is 0.0201. The van der Waals surface area contributed by atoms with Crippen molar-refractivity contribution in [1.82, 2.24) is 47.4 Å². The summed E-state index contributed by atoms with van der Waals surface area (Å²) >= 11 is 8.78. The zero-order valence-corrected chi connectivity index (χ0v) is 62.5. The second-order valence-electron chi connectivity index (χ2n) is 25.9. The minimum absolute atomic E-state index is 0.00517. The second kappa shape index (κ2) is 44.8. The van der Waals surface area contributed by atoms with Crippen molar-refractivity contribution < 1.29 is 72.1 Å². The van der Waals surface area contributed by atoms with E-state index < -0.39 is 139 Å². The molecule has 0 saturated carbocycles. The van der Waals surface area contributed by atoms with Gasteiger partial charge in [0.1, 0.15) is 67.4 Å². The lowest BCUT2D eigenvalue weighted by Crippen LogP contribution is -2.63. The summed E-state index contributed by atoms with van der Waals surface area (Å²) in [7, 11) is 0. The molecule has 13 N–H and O–H groups in total. The molecule has 0 spiro atoms. The molecular formula is C78H96ClN11O15S2. The molecular weight excluding hydrogens is 1430 g/mol. The topological polar surface area (TPSA) is 387 Å². The van der Waals surface area contributed by atoms with Gasteiger partial charge in [-0.25, -0.2) is 4.79 Å². The first-order valence-corrected chi connectivity index (χ1v) is 38.2. The fourth-order valence-electron chi connectivity index (χ4n) is 11.4. The fraction of sp³-hybridized carbons (Fsp3) is 0.397. The number of rotatable bonds is 44. The number of carbonyl (C=O) groups is 11. The van der Waals surface area contributed by atoms with Gasteiger partial charge in [-0.05, 0) is 91.0 Å². The van der Waals surface area contributed by atoms with Crippen LogP contribution in [0.1, 0.15) is 99.1 Å². The Morgan fingerprint density at radius 1 is 0.551 bits per heavy atom. The van der Waals surface area contributed by atoms with Crippen LogP contribution in [0.3, 0.4) is 0 Å². The zero-order valence-electron chi connectivity index (χ0n) is 60.1. The van der Waals surface area contributed by atoms with Crippen LogP contribution in [0, 0.1) is 5.92 Å². The van der Waals surface area contributed by atoms with Gasteiger partial charge in [-0.2, -0.15) is 23.5 Å². The molecule has 1 aliphatic rings. The summed E-state index contributed by atoms with van der Waals surface area (Å²) in [5, 5.41) is 33.0. The van der Waals surface area contributed by atoms with Gasteiger partial charge in [0.25, 0.3) is 0 Å². The highest BCUT2D eigenvalue weighted by Gasteiger charge is 2.41. The molecule has 1 heterocycles. The highest BCUT2D eigenvalue weighted by Crippen LogP contribution is 2.24. The van der Waals surface area contributed by atoms with Crippen molar-refractivity contribution in [3.8, 4) is 5.75 Å². The third kappa shape index (κ3) is 29.0. The average Bonchev–Trinajstić information content (AvgIpc) is 1.76. The molecule has 29 heteroatoms. The first-order valence-electron chi connectivity index (χ1n) is 35.5. The monoisotopic (exact) mass is 1530 g/mol. The molecule has 107 heavy (non-hydrogen) atoms. The maximum atomic E-state index is 15.1. The second-order valence-corrected chi connectivity index (χ2v) is 28.3. The SMILES string of the molecule is CC[C@H](C)[C@H](NC(=O)[C@H](Cc1ccc(OCc2ccccc2)cc1)NC(=O)[C@H](O)CSCc1ccccc1)C(=O)N[C@H](C(=O)N[C@@H](CC(N)=O)C(=O)N[C@@H](CSCc1ccccc1)C(=O)N1CCC[C@H]1C(=O)N[C@@H](CCCCNC(=O)OCc1ccccc1Cl)C(=O)NCC(N)=O)[C@@H](C)OCc1ccccc1. The summed E-state index contributed by atoms with van der Waals surface area (Å²) < 4.78 is 17.5. The van der Waals surface area contributed by atoms with Crippen LogP contribution in [-0.4, -0.2) is 161 Å². The van der Waals surface area contributed by atoms with Gasteiger partial charge in [-0.15, -0.1) is 0 Å². The number of ether oxygens (including phenoxy) is 3. The van der Waals surface area contributed by atoms with Crippen molar-refractivity contribution in [3.63, 3.8) is 0 Å². The van der Waals surface area contributed by atoms with Crippen LogP contribution in [0.25, 0.3) is 0 Å². The van der Waals surface area contributed by atoms with Crippen LogP contribution in [0.4, 0.5) is 4.79 Å². The molecule has 1 saturated heterocycles. The lowest BCUT2D eigenvalue weighted by Gasteiger charge is -2.32. The Morgan fingerprint density at radius 3 is 1.71 bits per heavy atom. The fourth-order valence-corrected chi connectivity index (χ4v) is 13.5. The number of thioether (sulfide) groups is 2. The maximum Gasteiger partial charge on any atom is 0.407 e. The zero-order chi connectivity index (χ0) is 77.0. The van der Waals surface area contributed by atoms with Crippen molar-refractivity contribution >= 4 is 100 Å². The summed E-state index contributed by atoms with van der Waals surface area (Å²) in [5.41, 5.74) is 15.8. The number of halogens is 1. The van der Waals surface area contributed by atoms with Crippen molar-refractivity contribution in [2.45, 2.75) is 158 Å². The number of carbonyl (C=O) groups excluding carboxylic acids is 11. The Morgan fingerprint density at radius 2 is 1.10 bits per heavy atom. The number of amides is 11. The predicted octanol–water partition coefficient (Wildman–Crippen LogP) is 5.81. The van der Waals surface area contributed by atoms with E-state index in [2.05, 4.69) is 42.5 Å². The number of alkyl carbamates (subject to hydrolysis) is 1. The number of benzene rings is 6. The molecule has 0 radical (unpaired) electrons.